The molecule has 0 bridgehead atoms. The highest BCUT2D eigenvalue weighted by Crippen LogP contribution is 2.13. The average Bonchev–Trinajstić information content (AvgIpc) is 2.94. The van der Waals surface area contributed by atoms with Crippen LogP contribution in [0.4, 0.5) is 0 Å². The van der Waals surface area contributed by atoms with Gasteiger partial charge in [-0.25, -0.2) is 0 Å². The van der Waals surface area contributed by atoms with E-state index < -0.39 is 0 Å². The van der Waals surface area contributed by atoms with Gasteiger partial charge < -0.3 is 4.90 Å². The molecule has 2 aromatic rings. The van der Waals surface area contributed by atoms with Gasteiger partial charge in [-0.05, 0) is 36.2 Å². The second-order valence-electron chi connectivity index (χ2n) is 5.13. The van der Waals surface area contributed by atoms with Crippen LogP contribution in [0.2, 0.25) is 0 Å². The molecule has 0 unspecified atom stereocenters. The lowest BCUT2D eigenvalue weighted by Crippen LogP contribution is -2.35. The number of hydrogen-bond acceptors (Lipinski definition) is 3. The zero-order chi connectivity index (χ0) is 15.2. The molecule has 1 aromatic heterocycles. The SMILES string of the molecule is CN(CC(=O)N(C)Cc1cccs1)Cc1ccc(Br)cc1. The van der Waals surface area contributed by atoms with Crippen LogP contribution in [-0.4, -0.2) is 36.3 Å². The quantitative estimate of drug-likeness (QED) is 0.779. The maximum absolute atomic E-state index is 12.2. The number of nitrogens with zero attached hydrogens (tertiary/aromatic N) is 2. The fourth-order valence-corrected chi connectivity index (χ4v) is 3.06. The van der Waals surface area contributed by atoms with Crippen molar-refractivity contribution in [1.29, 1.82) is 0 Å². The lowest BCUT2D eigenvalue weighted by molar-refractivity contribution is -0.131. The molecule has 2 rings (SSSR count). The molecule has 5 heteroatoms. The molecule has 112 valence electrons. The van der Waals surface area contributed by atoms with Crippen LogP contribution in [0.15, 0.2) is 46.3 Å². The van der Waals surface area contributed by atoms with Crippen LogP contribution >= 0.6 is 27.3 Å². The van der Waals surface area contributed by atoms with Gasteiger partial charge in [-0.2, -0.15) is 0 Å². The van der Waals surface area contributed by atoms with Crippen molar-refractivity contribution >= 4 is 33.2 Å². The van der Waals surface area contributed by atoms with Crippen LogP contribution in [0.3, 0.4) is 0 Å². The van der Waals surface area contributed by atoms with Gasteiger partial charge in [0.25, 0.3) is 0 Å². The van der Waals surface area contributed by atoms with E-state index in [9.17, 15) is 4.79 Å². The molecule has 0 aliphatic rings. The Labute approximate surface area is 138 Å². The molecular weight excluding hydrogens is 348 g/mol. The summed E-state index contributed by atoms with van der Waals surface area (Å²) in [5.41, 5.74) is 1.20. The predicted octanol–water partition coefficient (Wildman–Crippen LogP) is 3.60. The molecule has 0 fully saturated rings. The van der Waals surface area contributed by atoms with Crippen LogP contribution in [0.5, 0.6) is 0 Å². The summed E-state index contributed by atoms with van der Waals surface area (Å²) < 4.78 is 1.07. The average molecular weight is 367 g/mol. The van der Waals surface area contributed by atoms with Gasteiger partial charge in [-0.15, -0.1) is 11.3 Å². The first-order valence-corrected chi connectivity index (χ1v) is 8.41. The molecule has 0 saturated heterocycles. The smallest absolute Gasteiger partial charge is 0.236 e. The van der Waals surface area contributed by atoms with E-state index in [0.717, 1.165) is 11.0 Å². The topological polar surface area (TPSA) is 23.6 Å². The summed E-state index contributed by atoms with van der Waals surface area (Å²) in [6.45, 7) is 1.88. The second kappa shape index (κ2) is 7.73. The largest absolute Gasteiger partial charge is 0.340 e. The zero-order valence-electron chi connectivity index (χ0n) is 12.3. The van der Waals surface area contributed by atoms with Crippen LogP contribution in [0.1, 0.15) is 10.4 Å². The van der Waals surface area contributed by atoms with Crippen molar-refractivity contribution in [2.24, 2.45) is 0 Å². The van der Waals surface area contributed by atoms with E-state index in [2.05, 4.69) is 34.1 Å². The highest BCUT2D eigenvalue weighted by Gasteiger charge is 2.12. The maximum atomic E-state index is 12.2. The zero-order valence-corrected chi connectivity index (χ0v) is 14.7. The summed E-state index contributed by atoms with van der Waals surface area (Å²) in [4.78, 5) is 17.2. The Kier molecular flexibility index (Phi) is 5.96. The number of hydrogen-bond donors (Lipinski definition) is 0. The third-order valence-corrected chi connectivity index (χ3v) is 4.56. The van der Waals surface area contributed by atoms with Crippen LogP contribution < -0.4 is 0 Å². The van der Waals surface area contributed by atoms with Gasteiger partial charge in [0.2, 0.25) is 5.91 Å². The van der Waals surface area contributed by atoms with Gasteiger partial charge in [-0.3, -0.25) is 9.69 Å². The van der Waals surface area contributed by atoms with Gasteiger partial charge in [0.15, 0.2) is 0 Å². The van der Waals surface area contributed by atoms with Crippen molar-refractivity contribution in [3.63, 3.8) is 0 Å². The molecule has 1 heterocycles. The first-order valence-electron chi connectivity index (χ1n) is 6.74. The summed E-state index contributed by atoms with van der Waals surface area (Å²) in [6, 6.07) is 12.3. The fraction of sp³-hybridized carbons (Fsp3) is 0.312. The first kappa shape index (κ1) is 16.2. The minimum absolute atomic E-state index is 0.142. The van der Waals surface area contributed by atoms with Crippen molar-refractivity contribution in [1.82, 2.24) is 9.80 Å². The lowest BCUT2D eigenvalue weighted by atomic mass is 10.2. The molecule has 3 nitrogen and oxygen atoms in total. The number of rotatable bonds is 6. The fourth-order valence-electron chi connectivity index (χ4n) is 2.03. The standard InChI is InChI=1S/C16H19BrN2OS/c1-18(10-13-5-7-14(17)8-6-13)12-16(20)19(2)11-15-4-3-9-21-15/h3-9H,10-12H2,1-2H3. The molecule has 0 saturated carbocycles. The van der Waals surface area contributed by atoms with E-state index in [1.54, 1.807) is 16.2 Å². The Hall–Kier alpha value is -1.17. The third kappa shape index (κ3) is 5.26. The molecule has 1 aromatic carbocycles. The van der Waals surface area contributed by atoms with Gasteiger partial charge in [0.1, 0.15) is 0 Å². The predicted molar refractivity (Wildman–Crippen MR) is 91.3 cm³/mol. The van der Waals surface area contributed by atoms with Crippen molar-refractivity contribution in [2.45, 2.75) is 13.1 Å². The molecular formula is C16H19BrN2OS. The molecule has 0 N–H and O–H groups in total. The Morgan fingerprint density at radius 2 is 1.86 bits per heavy atom. The highest BCUT2D eigenvalue weighted by molar-refractivity contribution is 9.10. The number of halogens is 1. The van der Waals surface area contributed by atoms with E-state index >= 15 is 0 Å². The van der Waals surface area contributed by atoms with E-state index in [1.807, 2.05) is 42.6 Å². The number of carbonyl (C=O) groups is 1. The van der Waals surface area contributed by atoms with Gasteiger partial charge in [-0.1, -0.05) is 34.1 Å². The van der Waals surface area contributed by atoms with Crippen LogP contribution in [-0.2, 0) is 17.9 Å². The summed E-state index contributed by atoms with van der Waals surface area (Å²) in [6.07, 6.45) is 0. The maximum Gasteiger partial charge on any atom is 0.236 e. The van der Waals surface area contributed by atoms with Crippen molar-refractivity contribution in [3.8, 4) is 0 Å². The molecule has 0 radical (unpaired) electrons. The molecule has 0 aliphatic heterocycles. The number of amides is 1. The van der Waals surface area contributed by atoms with Gasteiger partial charge in [0.05, 0.1) is 13.1 Å². The minimum atomic E-state index is 0.142. The van der Waals surface area contributed by atoms with E-state index in [1.165, 1.54) is 10.4 Å². The lowest BCUT2D eigenvalue weighted by Gasteiger charge is -2.21. The number of thiophene rings is 1. The molecule has 0 aliphatic carbocycles. The number of benzene rings is 1. The second-order valence-corrected chi connectivity index (χ2v) is 7.08. The highest BCUT2D eigenvalue weighted by atomic mass is 79.9. The Morgan fingerprint density at radius 3 is 2.48 bits per heavy atom. The van der Waals surface area contributed by atoms with Crippen LogP contribution in [0.25, 0.3) is 0 Å². The van der Waals surface area contributed by atoms with Crippen molar-refractivity contribution < 1.29 is 4.79 Å². The summed E-state index contributed by atoms with van der Waals surface area (Å²) in [7, 11) is 3.83. The summed E-state index contributed by atoms with van der Waals surface area (Å²) in [5.74, 6) is 0.142. The third-order valence-electron chi connectivity index (χ3n) is 3.17. The number of carbonyl (C=O) groups excluding carboxylic acids is 1. The summed E-state index contributed by atoms with van der Waals surface area (Å²) >= 11 is 5.11. The van der Waals surface area contributed by atoms with Gasteiger partial charge in [0, 0.05) is 22.9 Å². The van der Waals surface area contributed by atoms with E-state index in [0.29, 0.717) is 13.1 Å². The van der Waals surface area contributed by atoms with Gasteiger partial charge >= 0.3 is 0 Å². The Balaban J connectivity index is 1.82. The molecule has 0 atom stereocenters. The Bertz CT molecular complexity index is 568. The molecule has 1 amide bonds. The van der Waals surface area contributed by atoms with Crippen molar-refractivity contribution in [3.05, 3.63) is 56.7 Å². The molecule has 21 heavy (non-hydrogen) atoms. The monoisotopic (exact) mass is 366 g/mol. The minimum Gasteiger partial charge on any atom is -0.340 e. The number of likely N-dealkylation sites (N-methyl/N-ethyl adjacent to an activating group) is 2. The van der Waals surface area contributed by atoms with E-state index in [-0.39, 0.29) is 5.91 Å². The normalized spacial score (nSPS) is 10.9. The summed E-state index contributed by atoms with van der Waals surface area (Å²) in [5, 5.41) is 2.04. The van der Waals surface area contributed by atoms with Crippen LogP contribution in [0, 0.1) is 0 Å². The first-order chi connectivity index (χ1) is 10.0. The molecule has 0 spiro atoms. The van der Waals surface area contributed by atoms with E-state index in [4.69, 9.17) is 0 Å². The van der Waals surface area contributed by atoms with Crippen molar-refractivity contribution in [2.75, 3.05) is 20.6 Å². The Morgan fingerprint density at radius 1 is 1.14 bits per heavy atom.